The SMILES string of the molecule is Cc1ccc(NC2CCOC2)cc1C. The van der Waals surface area contributed by atoms with Gasteiger partial charge in [-0.1, -0.05) is 6.07 Å². The molecule has 0 aliphatic carbocycles. The molecule has 0 radical (unpaired) electrons. The molecule has 1 heterocycles. The maximum absolute atomic E-state index is 5.32. The molecule has 1 fully saturated rings. The minimum Gasteiger partial charge on any atom is -0.380 e. The number of hydrogen-bond acceptors (Lipinski definition) is 2. The van der Waals surface area contributed by atoms with Crippen molar-refractivity contribution >= 4 is 5.69 Å². The van der Waals surface area contributed by atoms with E-state index in [-0.39, 0.29) is 0 Å². The monoisotopic (exact) mass is 191 g/mol. The summed E-state index contributed by atoms with van der Waals surface area (Å²) < 4.78 is 5.32. The second-order valence-corrected chi connectivity index (χ2v) is 4.00. The first-order valence-corrected chi connectivity index (χ1v) is 5.17. The number of rotatable bonds is 2. The molecule has 2 heteroatoms. The summed E-state index contributed by atoms with van der Waals surface area (Å²) in [6, 6.07) is 7.00. The Labute approximate surface area is 85.3 Å². The highest BCUT2D eigenvalue weighted by Crippen LogP contribution is 2.17. The Bertz CT molecular complexity index is 316. The van der Waals surface area contributed by atoms with Crippen LogP contribution >= 0.6 is 0 Å². The lowest BCUT2D eigenvalue weighted by atomic mass is 10.1. The maximum Gasteiger partial charge on any atom is 0.0668 e. The van der Waals surface area contributed by atoms with Gasteiger partial charge in [0.05, 0.1) is 12.6 Å². The molecule has 2 rings (SSSR count). The predicted molar refractivity (Wildman–Crippen MR) is 58.8 cm³/mol. The van der Waals surface area contributed by atoms with E-state index >= 15 is 0 Å². The smallest absolute Gasteiger partial charge is 0.0668 e. The first kappa shape index (κ1) is 9.53. The molecule has 0 spiro atoms. The van der Waals surface area contributed by atoms with E-state index in [0.29, 0.717) is 6.04 Å². The summed E-state index contributed by atoms with van der Waals surface area (Å²) in [7, 11) is 0. The molecule has 1 N–H and O–H groups in total. The van der Waals surface area contributed by atoms with Gasteiger partial charge in [-0.15, -0.1) is 0 Å². The van der Waals surface area contributed by atoms with E-state index in [4.69, 9.17) is 4.74 Å². The molecule has 1 saturated heterocycles. The van der Waals surface area contributed by atoms with Gasteiger partial charge in [-0.2, -0.15) is 0 Å². The Morgan fingerprint density at radius 1 is 1.29 bits per heavy atom. The van der Waals surface area contributed by atoms with Gasteiger partial charge in [0, 0.05) is 12.3 Å². The Morgan fingerprint density at radius 3 is 2.79 bits per heavy atom. The highest BCUT2D eigenvalue weighted by atomic mass is 16.5. The van der Waals surface area contributed by atoms with Crippen LogP contribution in [0, 0.1) is 13.8 Å². The lowest BCUT2D eigenvalue weighted by molar-refractivity contribution is 0.195. The second-order valence-electron chi connectivity index (χ2n) is 4.00. The van der Waals surface area contributed by atoms with E-state index in [9.17, 15) is 0 Å². The molecule has 1 aromatic carbocycles. The van der Waals surface area contributed by atoms with Gasteiger partial charge >= 0.3 is 0 Å². The van der Waals surface area contributed by atoms with Crippen LogP contribution < -0.4 is 5.32 Å². The standard InChI is InChI=1S/C12H17NO/c1-9-3-4-11(7-10(9)2)13-12-5-6-14-8-12/h3-4,7,12-13H,5-6,8H2,1-2H3. The van der Waals surface area contributed by atoms with Crippen LogP contribution in [0.3, 0.4) is 0 Å². The summed E-state index contributed by atoms with van der Waals surface area (Å²) in [5.74, 6) is 0. The van der Waals surface area contributed by atoms with Gasteiger partial charge in [-0.25, -0.2) is 0 Å². The summed E-state index contributed by atoms with van der Waals surface area (Å²) in [6.45, 7) is 6.01. The molecule has 1 aliphatic heterocycles. The van der Waals surface area contributed by atoms with Gasteiger partial charge in [-0.05, 0) is 43.5 Å². The van der Waals surface area contributed by atoms with E-state index < -0.39 is 0 Å². The van der Waals surface area contributed by atoms with Crippen molar-refractivity contribution in [3.63, 3.8) is 0 Å². The van der Waals surface area contributed by atoms with Gasteiger partial charge in [0.25, 0.3) is 0 Å². The molecule has 1 aliphatic rings. The largest absolute Gasteiger partial charge is 0.380 e. The highest BCUT2D eigenvalue weighted by molar-refractivity contribution is 5.48. The average Bonchev–Trinajstić information content (AvgIpc) is 2.64. The number of benzene rings is 1. The summed E-state index contributed by atoms with van der Waals surface area (Å²) in [5, 5.41) is 3.48. The second kappa shape index (κ2) is 4.01. The molecular weight excluding hydrogens is 174 g/mol. The van der Waals surface area contributed by atoms with Gasteiger partial charge < -0.3 is 10.1 Å². The third kappa shape index (κ3) is 2.07. The highest BCUT2D eigenvalue weighted by Gasteiger charge is 2.14. The van der Waals surface area contributed by atoms with E-state index in [0.717, 1.165) is 19.6 Å². The third-order valence-corrected chi connectivity index (χ3v) is 2.81. The number of nitrogens with one attached hydrogen (secondary N) is 1. The normalized spacial score (nSPS) is 21.1. The van der Waals surface area contributed by atoms with Gasteiger partial charge in [0.2, 0.25) is 0 Å². The van der Waals surface area contributed by atoms with Crippen molar-refractivity contribution in [2.24, 2.45) is 0 Å². The van der Waals surface area contributed by atoms with Crippen molar-refractivity contribution in [2.45, 2.75) is 26.3 Å². The quantitative estimate of drug-likeness (QED) is 0.775. The van der Waals surface area contributed by atoms with Gasteiger partial charge in [-0.3, -0.25) is 0 Å². The number of anilines is 1. The molecule has 76 valence electrons. The third-order valence-electron chi connectivity index (χ3n) is 2.81. The van der Waals surface area contributed by atoms with E-state index in [2.05, 4.69) is 37.4 Å². The zero-order chi connectivity index (χ0) is 9.97. The molecule has 0 aromatic heterocycles. The first-order chi connectivity index (χ1) is 6.75. The molecule has 14 heavy (non-hydrogen) atoms. The number of ether oxygens (including phenoxy) is 1. The van der Waals surface area contributed by atoms with Crippen LogP contribution in [0.5, 0.6) is 0 Å². The fourth-order valence-corrected chi connectivity index (χ4v) is 1.72. The summed E-state index contributed by atoms with van der Waals surface area (Å²) >= 11 is 0. The zero-order valence-electron chi connectivity index (χ0n) is 8.84. The minimum absolute atomic E-state index is 0.497. The number of hydrogen-bond donors (Lipinski definition) is 1. The maximum atomic E-state index is 5.32. The van der Waals surface area contributed by atoms with Crippen LogP contribution in [-0.2, 0) is 4.74 Å². The van der Waals surface area contributed by atoms with Crippen LogP contribution in [0.25, 0.3) is 0 Å². The van der Waals surface area contributed by atoms with E-state index in [1.807, 2.05) is 0 Å². The first-order valence-electron chi connectivity index (χ1n) is 5.17. The molecule has 0 bridgehead atoms. The molecule has 1 atom stereocenters. The number of aryl methyl sites for hydroxylation is 2. The molecule has 2 nitrogen and oxygen atoms in total. The van der Waals surface area contributed by atoms with Gasteiger partial charge in [0.1, 0.15) is 0 Å². The lowest BCUT2D eigenvalue weighted by Gasteiger charge is -2.13. The summed E-state index contributed by atoms with van der Waals surface area (Å²) in [6.07, 6.45) is 1.12. The van der Waals surface area contributed by atoms with E-state index in [1.165, 1.54) is 16.8 Å². The predicted octanol–water partition coefficient (Wildman–Crippen LogP) is 2.50. The molecular formula is C12H17NO. The topological polar surface area (TPSA) is 21.3 Å². The van der Waals surface area contributed by atoms with Crippen LogP contribution in [0.2, 0.25) is 0 Å². The van der Waals surface area contributed by atoms with Crippen molar-refractivity contribution in [1.82, 2.24) is 0 Å². The van der Waals surface area contributed by atoms with Crippen LogP contribution in [-0.4, -0.2) is 19.3 Å². The zero-order valence-corrected chi connectivity index (χ0v) is 8.84. The van der Waals surface area contributed by atoms with Crippen LogP contribution in [0.15, 0.2) is 18.2 Å². The van der Waals surface area contributed by atoms with Crippen LogP contribution in [0.1, 0.15) is 17.5 Å². The van der Waals surface area contributed by atoms with Gasteiger partial charge in [0.15, 0.2) is 0 Å². The molecule has 0 saturated carbocycles. The summed E-state index contributed by atoms with van der Waals surface area (Å²) in [4.78, 5) is 0. The van der Waals surface area contributed by atoms with Crippen LogP contribution in [0.4, 0.5) is 5.69 Å². The van der Waals surface area contributed by atoms with Crippen molar-refractivity contribution in [3.05, 3.63) is 29.3 Å². The Morgan fingerprint density at radius 2 is 2.14 bits per heavy atom. The van der Waals surface area contributed by atoms with Crippen molar-refractivity contribution < 1.29 is 4.74 Å². The Balaban J connectivity index is 2.05. The van der Waals surface area contributed by atoms with Crippen molar-refractivity contribution in [2.75, 3.05) is 18.5 Å². The van der Waals surface area contributed by atoms with E-state index in [1.54, 1.807) is 0 Å². The molecule has 1 unspecified atom stereocenters. The summed E-state index contributed by atoms with van der Waals surface area (Å²) in [5.41, 5.74) is 3.90. The minimum atomic E-state index is 0.497. The Kier molecular flexibility index (Phi) is 2.73. The molecule has 1 aromatic rings. The molecule has 0 amide bonds. The van der Waals surface area contributed by atoms with Crippen molar-refractivity contribution in [1.29, 1.82) is 0 Å². The average molecular weight is 191 g/mol. The Hall–Kier alpha value is -1.02. The van der Waals surface area contributed by atoms with Crippen molar-refractivity contribution in [3.8, 4) is 0 Å². The lowest BCUT2D eigenvalue weighted by Crippen LogP contribution is -2.18. The fraction of sp³-hybridized carbons (Fsp3) is 0.500. The fourth-order valence-electron chi connectivity index (χ4n) is 1.72.